The average molecular weight is 339 g/mol. The van der Waals surface area contributed by atoms with Crippen molar-refractivity contribution in [3.05, 3.63) is 54.1 Å². The molecule has 6 heteroatoms. The molecule has 1 N–H and O–H groups in total. The summed E-state index contributed by atoms with van der Waals surface area (Å²) in [5, 5.41) is 2.92. The lowest BCUT2D eigenvalue weighted by molar-refractivity contribution is -0.138. The molecule has 0 aromatic heterocycles. The van der Waals surface area contributed by atoms with Gasteiger partial charge in [-0.05, 0) is 42.8 Å². The smallest absolute Gasteiger partial charge is 0.391 e. The van der Waals surface area contributed by atoms with Crippen LogP contribution in [0.1, 0.15) is 12.0 Å². The van der Waals surface area contributed by atoms with Crippen molar-refractivity contribution in [1.29, 1.82) is 0 Å². The molecule has 0 saturated heterocycles. The predicted molar refractivity (Wildman–Crippen MR) is 87.8 cm³/mol. The summed E-state index contributed by atoms with van der Waals surface area (Å²) in [5.74, 6) is 1.20. The van der Waals surface area contributed by atoms with Crippen LogP contribution in [0.5, 0.6) is 11.5 Å². The van der Waals surface area contributed by atoms with E-state index in [1.54, 1.807) is 49.6 Å². The molecule has 0 bridgehead atoms. The van der Waals surface area contributed by atoms with Gasteiger partial charge in [-0.15, -0.1) is 0 Å². The Morgan fingerprint density at radius 2 is 1.75 bits per heavy atom. The van der Waals surface area contributed by atoms with Crippen LogP contribution in [0.2, 0.25) is 0 Å². The zero-order valence-electron chi connectivity index (χ0n) is 13.6. The fraction of sp³-hybridized carbons (Fsp3) is 0.333. The third kappa shape index (κ3) is 5.68. The third-order valence-electron chi connectivity index (χ3n) is 3.47. The molecule has 1 atom stereocenters. The second kappa shape index (κ2) is 7.95. The molecule has 2 aromatic rings. The van der Waals surface area contributed by atoms with Crippen LogP contribution in [-0.4, -0.2) is 25.9 Å². The molecule has 0 spiro atoms. The number of methoxy groups -OCH3 is 1. The Hall–Kier alpha value is -2.37. The zero-order valence-corrected chi connectivity index (χ0v) is 13.6. The van der Waals surface area contributed by atoms with Gasteiger partial charge in [0.2, 0.25) is 0 Å². The lowest BCUT2D eigenvalue weighted by atomic mass is 10.1. The van der Waals surface area contributed by atoms with Crippen molar-refractivity contribution in [2.24, 2.45) is 0 Å². The van der Waals surface area contributed by atoms with Gasteiger partial charge in [0.25, 0.3) is 0 Å². The molecule has 2 aromatic carbocycles. The van der Waals surface area contributed by atoms with Crippen LogP contribution in [-0.2, 0) is 0 Å². The van der Waals surface area contributed by atoms with Gasteiger partial charge < -0.3 is 14.8 Å². The first-order valence-electron chi connectivity index (χ1n) is 7.53. The van der Waals surface area contributed by atoms with E-state index in [4.69, 9.17) is 9.47 Å². The number of ether oxygens (including phenoxy) is 2. The molecular weight excluding hydrogens is 319 g/mol. The number of alkyl halides is 3. The minimum Gasteiger partial charge on any atom is -0.497 e. The van der Waals surface area contributed by atoms with Crippen LogP contribution < -0.4 is 14.8 Å². The van der Waals surface area contributed by atoms with Gasteiger partial charge in [-0.2, -0.15) is 13.2 Å². The van der Waals surface area contributed by atoms with Crippen LogP contribution in [0, 0.1) is 6.92 Å². The lowest BCUT2D eigenvalue weighted by Gasteiger charge is -2.23. The average Bonchev–Trinajstić information content (AvgIpc) is 2.54. The topological polar surface area (TPSA) is 30.5 Å². The summed E-state index contributed by atoms with van der Waals surface area (Å²) in [6, 6.07) is 13.1. The van der Waals surface area contributed by atoms with E-state index >= 15 is 0 Å². The fourth-order valence-electron chi connectivity index (χ4n) is 2.29. The molecule has 0 aliphatic carbocycles. The maximum absolute atomic E-state index is 12.8. The van der Waals surface area contributed by atoms with Crippen molar-refractivity contribution >= 4 is 5.69 Å². The van der Waals surface area contributed by atoms with E-state index in [9.17, 15) is 13.2 Å². The largest absolute Gasteiger partial charge is 0.497 e. The number of hydrogen-bond acceptors (Lipinski definition) is 3. The molecule has 3 nitrogen and oxygen atoms in total. The molecule has 0 saturated carbocycles. The van der Waals surface area contributed by atoms with Crippen molar-refractivity contribution in [2.75, 3.05) is 19.0 Å². The number of benzene rings is 2. The molecule has 0 amide bonds. The zero-order chi connectivity index (χ0) is 17.6. The molecule has 0 heterocycles. The van der Waals surface area contributed by atoms with Gasteiger partial charge >= 0.3 is 6.18 Å². The highest BCUT2D eigenvalue weighted by Gasteiger charge is 2.32. The SMILES string of the molecule is COc1ccc(NC(COc2ccccc2)CC(F)(F)F)c(C)c1. The Kier molecular flexibility index (Phi) is 5.95. The van der Waals surface area contributed by atoms with Gasteiger partial charge in [-0.3, -0.25) is 0 Å². The van der Waals surface area contributed by atoms with Crippen LogP contribution in [0.25, 0.3) is 0 Å². The molecule has 130 valence electrons. The molecule has 2 rings (SSSR count). The molecule has 24 heavy (non-hydrogen) atoms. The second-order valence-corrected chi connectivity index (χ2v) is 5.47. The third-order valence-corrected chi connectivity index (χ3v) is 3.47. The number of anilines is 1. The predicted octanol–water partition coefficient (Wildman–Crippen LogP) is 4.82. The van der Waals surface area contributed by atoms with Gasteiger partial charge in [0.05, 0.1) is 19.6 Å². The first-order valence-corrected chi connectivity index (χ1v) is 7.53. The Balaban J connectivity index is 2.08. The summed E-state index contributed by atoms with van der Waals surface area (Å²) in [7, 11) is 1.54. The number of halogens is 3. The molecule has 0 radical (unpaired) electrons. The van der Waals surface area contributed by atoms with E-state index in [1.165, 1.54) is 0 Å². The van der Waals surface area contributed by atoms with Gasteiger partial charge in [0.1, 0.15) is 18.1 Å². The van der Waals surface area contributed by atoms with E-state index < -0.39 is 18.6 Å². The number of rotatable bonds is 7. The van der Waals surface area contributed by atoms with E-state index in [1.807, 2.05) is 13.0 Å². The maximum Gasteiger partial charge on any atom is 0.391 e. The van der Waals surface area contributed by atoms with Crippen molar-refractivity contribution in [1.82, 2.24) is 0 Å². The summed E-state index contributed by atoms with van der Waals surface area (Å²) in [4.78, 5) is 0. The monoisotopic (exact) mass is 339 g/mol. The van der Waals surface area contributed by atoms with Crippen LogP contribution >= 0.6 is 0 Å². The molecular formula is C18H20F3NO2. The van der Waals surface area contributed by atoms with Crippen molar-refractivity contribution in [2.45, 2.75) is 25.6 Å². The van der Waals surface area contributed by atoms with Gasteiger partial charge in [0.15, 0.2) is 0 Å². The standard InChI is InChI=1S/C18H20F3NO2/c1-13-10-16(23-2)8-9-17(13)22-14(11-18(19,20)21)12-24-15-6-4-3-5-7-15/h3-10,14,22H,11-12H2,1-2H3. The summed E-state index contributed by atoms with van der Waals surface area (Å²) in [6.45, 7) is 1.72. The maximum atomic E-state index is 12.8. The summed E-state index contributed by atoms with van der Waals surface area (Å²) in [6.07, 6.45) is -5.26. The summed E-state index contributed by atoms with van der Waals surface area (Å²) < 4.78 is 49.1. The number of para-hydroxylation sites is 1. The van der Waals surface area contributed by atoms with Crippen LogP contribution in [0.4, 0.5) is 18.9 Å². The first kappa shape index (κ1) is 18.0. The Morgan fingerprint density at radius 1 is 1.04 bits per heavy atom. The minimum absolute atomic E-state index is 0.0883. The number of hydrogen-bond donors (Lipinski definition) is 1. The van der Waals surface area contributed by atoms with E-state index in [0.717, 1.165) is 5.56 Å². The van der Waals surface area contributed by atoms with Crippen molar-refractivity contribution in [3.63, 3.8) is 0 Å². The number of nitrogens with one attached hydrogen (secondary N) is 1. The number of aryl methyl sites for hydroxylation is 1. The fourth-order valence-corrected chi connectivity index (χ4v) is 2.29. The summed E-state index contributed by atoms with van der Waals surface area (Å²) >= 11 is 0. The summed E-state index contributed by atoms with van der Waals surface area (Å²) in [5.41, 5.74) is 1.43. The van der Waals surface area contributed by atoms with Gasteiger partial charge in [-0.1, -0.05) is 18.2 Å². The molecule has 0 aliphatic rings. The van der Waals surface area contributed by atoms with Crippen LogP contribution in [0.15, 0.2) is 48.5 Å². The Morgan fingerprint density at radius 3 is 2.33 bits per heavy atom. The van der Waals surface area contributed by atoms with Crippen molar-refractivity contribution < 1.29 is 22.6 Å². The molecule has 0 aliphatic heterocycles. The Labute approximate surface area is 139 Å². The van der Waals surface area contributed by atoms with E-state index in [2.05, 4.69) is 5.32 Å². The van der Waals surface area contributed by atoms with E-state index in [0.29, 0.717) is 17.2 Å². The molecule has 1 unspecified atom stereocenters. The highest BCUT2D eigenvalue weighted by atomic mass is 19.4. The highest BCUT2D eigenvalue weighted by molar-refractivity contribution is 5.54. The van der Waals surface area contributed by atoms with Crippen molar-refractivity contribution in [3.8, 4) is 11.5 Å². The lowest BCUT2D eigenvalue weighted by Crippen LogP contribution is -2.32. The van der Waals surface area contributed by atoms with Gasteiger partial charge in [-0.25, -0.2) is 0 Å². The first-order chi connectivity index (χ1) is 11.4. The second-order valence-electron chi connectivity index (χ2n) is 5.47. The van der Waals surface area contributed by atoms with Gasteiger partial charge in [0, 0.05) is 5.69 Å². The Bertz CT molecular complexity index is 644. The minimum atomic E-state index is -4.28. The highest BCUT2D eigenvalue weighted by Crippen LogP contribution is 2.27. The quantitative estimate of drug-likeness (QED) is 0.785. The van der Waals surface area contributed by atoms with E-state index in [-0.39, 0.29) is 6.61 Å². The van der Waals surface area contributed by atoms with Crippen LogP contribution in [0.3, 0.4) is 0 Å². The molecule has 0 fully saturated rings. The normalized spacial score (nSPS) is 12.5.